The van der Waals surface area contributed by atoms with Gasteiger partial charge in [-0.2, -0.15) is 0 Å². The Bertz CT molecular complexity index is 468. The monoisotopic (exact) mass is 320 g/mol. The molecule has 0 atom stereocenters. The molecule has 0 saturated carbocycles. The van der Waals surface area contributed by atoms with Crippen molar-refractivity contribution in [2.45, 2.75) is 19.8 Å². The average molecular weight is 320 g/mol. The molecule has 0 radical (unpaired) electrons. The maximum Gasteiger partial charge on any atom is 0.251 e. The number of carbonyl (C=O) groups is 1. The SMILES string of the molecule is CCOc1ccc(C(=O)NCC2CCN(CCOC)CC2)cc1. The van der Waals surface area contributed by atoms with Gasteiger partial charge in [-0.3, -0.25) is 4.79 Å². The zero-order valence-corrected chi connectivity index (χ0v) is 14.2. The number of benzene rings is 1. The van der Waals surface area contributed by atoms with Crippen molar-refractivity contribution < 1.29 is 14.3 Å². The summed E-state index contributed by atoms with van der Waals surface area (Å²) in [7, 11) is 1.74. The lowest BCUT2D eigenvalue weighted by Crippen LogP contribution is -2.39. The first-order chi connectivity index (χ1) is 11.2. The van der Waals surface area contributed by atoms with E-state index in [1.807, 2.05) is 31.2 Å². The Morgan fingerprint density at radius 2 is 1.96 bits per heavy atom. The van der Waals surface area contributed by atoms with Gasteiger partial charge in [-0.15, -0.1) is 0 Å². The molecule has 1 N–H and O–H groups in total. The molecule has 0 bridgehead atoms. The highest BCUT2D eigenvalue weighted by atomic mass is 16.5. The molecule has 0 spiro atoms. The predicted molar refractivity (Wildman–Crippen MR) is 91.0 cm³/mol. The number of likely N-dealkylation sites (tertiary alicyclic amines) is 1. The summed E-state index contributed by atoms with van der Waals surface area (Å²) >= 11 is 0. The normalized spacial score (nSPS) is 16.3. The minimum absolute atomic E-state index is 0.00476. The first-order valence-electron chi connectivity index (χ1n) is 8.45. The zero-order valence-electron chi connectivity index (χ0n) is 14.2. The van der Waals surface area contributed by atoms with Crippen LogP contribution in [0.15, 0.2) is 24.3 Å². The van der Waals surface area contributed by atoms with Crippen molar-refractivity contribution in [3.63, 3.8) is 0 Å². The molecule has 1 saturated heterocycles. The standard InChI is InChI=1S/C18H28N2O3/c1-3-23-17-6-4-16(5-7-17)18(21)19-14-15-8-10-20(11-9-15)12-13-22-2/h4-7,15H,3,8-14H2,1-2H3,(H,19,21). The van der Waals surface area contributed by atoms with Gasteiger partial charge in [0.05, 0.1) is 13.2 Å². The Morgan fingerprint density at radius 1 is 1.26 bits per heavy atom. The molecule has 1 amide bonds. The molecular formula is C18H28N2O3. The molecule has 0 aromatic heterocycles. The van der Waals surface area contributed by atoms with E-state index in [1.54, 1.807) is 7.11 Å². The molecule has 1 aliphatic rings. The summed E-state index contributed by atoms with van der Waals surface area (Å²) in [6, 6.07) is 7.31. The summed E-state index contributed by atoms with van der Waals surface area (Å²) in [6.07, 6.45) is 2.26. The number of piperidine rings is 1. The molecular weight excluding hydrogens is 292 g/mol. The van der Waals surface area contributed by atoms with E-state index in [-0.39, 0.29) is 5.91 Å². The number of carbonyl (C=O) groups excluding carboxylic acids is 1. The highest BCUT2D eigenvalue weighted by Gasteiger charge is 2.19. The van der Waals surface area contributed by atoms with Gasteiger partial charge in [0.2, 0.25) is 0 Å². The predicted octanol–water partition coefficient (Wildman–Crippen LogP) is 2.17. The fourth-order valence-electron chi connectivity index (χ4n) is 2.84. The number of ether oxygens (including phenoxy) is 2. The van der Waals surface area contributed by atoms with Crippen molar-refractivity contribution in [3.8, 4) is 5.75 Å². The number of rotatable bonds is 8. The summed E-state index contributed by atoms with van der Waals surface area (Å²) in [5.41, 5.74) is 0.686. The zero-order chi connectivity index (χ0) is 16.5. The number of amides is 1. The van der Waals surface area contributed by atoms with E-state index in [9.17, 15) is 4.79 Å². The summed E-state index contributed by atoms with van der Waals surface area (Å²) < 4.78 is 10.5. The van der Waals surface area contributed by atoms with Gasteiger partial charge in [-0.05, 0) is 63.0 Å². The van der Waals surface area contributed by atoms with Crippen LogP contribution in [0.2, 0.25) is 0 Å². The van der Waals surface area contributed by atoms with Gasteiger partial charge in [-0.1, -0.05) is 0 Å². The maximum absolute atomic E-state index is 12.2. The van der Waals surface area contributed by atoms with Crippen LogP contribution in [0.5, 0.6) is 5.75 Å². The Balaban J connectivity index is 1.70. The largest absolute Gasteiger partial charge is 0.494 e. The first-order valence-corrected chi connectivity index (χ1v) is 8.45. The Hall–Kier alpha value is -1.59. The van der Waals surface area contributed by atoms with Crippen LogP contribution in [0.4, 0.5) is 0 Å². The van der Waals surface area contributed by atoms with Crippen molar-refractivity contribution in [1.82, 2.24) is 10.2 Å². The third kappa shape index (κ3) is 5.84. The van der Waals surface area contributed by atoms with Crippen LogP contribution >= 0.6 is 0 Å². The molecule has 1 aromatic carbocycles. The summed E-state index contributed by atoms with van der Waals surface area (Å²) in [4.78, 5) is 14.6. The van der Waals surface area contributed by atoms with Crippen molar-refractivity contribution in [3.05, 3.63) is 29.8 Å². The van der Waals surface area contributed by atoms with Crippen LogP contribution < -0.4 is 10.1 Å². The number of nitrogens with zero attached hydrogens (tertiary/aromatic N) is 1. The van der Waals surface area contributed by atoms with Gasteiger partial charge >= 0.3 is 0 Å². The quantitative estimate of drug-likeness (QED) is 0.797. The molecule has 1 fully saturated rings. The summed E-state index contributed by atoms with van der Waals surface area (Å²) in [5.74, 6) is 1.36. The van der Waals surface area contributed by atoms with Crippen LogP contribution in [0.3, 0.4) is 0 Å². The van der Waals surface area contributed by atoms with Gasteiger partial charge in [0.25, 0.3) is 5.91 Å². The Labute approximate surface area is 139 Å². The lowest BCUT2D eigenvalue weighted by molar-refractivity contribution is 0.0926. The van der Waals surface area contributed by atoms with Crippen molar-refractivity contribution >= 4 is 5.91 Å². The maximum atomic E-state index is 12.2. The topological polar surface area (TPSA) is 50.8 Å². The van der Waals surface area contributed by atoms with E-state index in [4.69, 9.17) is 9.47 Å². The smallest absolute Gasteiger partial charge is 0.251 e. The lowest BCUT2D eigenvalue weighted by Gasteiger charge is -2.31. The fraction of sp³-hybridized carbons (Fsp3) is 0.611. The molecule has 2 rings (SSSR count). The minimum atomic E-state index is -0.00476. The number of methoxy groups -OCH3 is 1. The van der Waals surface area contributed by atoms with Crippen molar-refractivity contribution in [1.29, 1.82) is 0 Å². The second-order valence-electron chi connectivity index (χ2n) is 5.95. The van der Waals surface area contributed by atoms with Crippen LogP contribution in [0, 0.1) is 5.92 Å². The molecule has 128 valence electrons. The van der Waals surface area contributed by atoms with E-state index in [1.165, 1.54) is 0 Å². The fourth-order valence-corrected chi connectivity index (χ4v) is 2.84. The molecule has 0 aliphatic carbocycles. The molecule has 0 unspecified atom stereocenters. The summed E-state index contributed by atoms with van der Waals surface area (Å²) in [5, 5.41) is 3.06. The number of hydrogen-bond donors (Lipinski definition) is 1. The molecule has 1 aromatic rings. The third-order valence-electron chi connectivity index (χ3n) is 4.30. The molecule has 1 heterocycles. The second kappa shape index (κ2) is 9.53. The Morgan fingerprint density at radius 3 is 2.57 bits per heavy atom. The number of hydrogen-bond acceptors (Lipinski definition) is 4. The van der Waals surface area contributed by atoms with Gasteiger partial charge < -0.3 is 19.7 Å². The molecule has 23 heavy (non-hydrogen) atoms. The van der Waals surface area contributed by atoms with E-state index in [0.29, 0.717) is 18.1 Å². The van der Waals surface area contributed by atoms with Crippen LogP contribution in [-0.2, 0) is 4.74 Å². The van der Waals surface area contributed by atoms with Gasteiger partial charge in [0.15, 0.2) is 0 Å². The van der Waals surface area contributed by atoms with Gasteiger partial charge in [0.1, 0.15) is 5.75 Å². The first kappa shape index (κ1) is 17.8. The molecule has 5 nitrogen and oxygen atoms in total. The Kier molecular flexibility index (Phi) is 7.36. The average Bonchev–Trinajstić information content (AvgIpc) is 2.59. The molecule has 1 aliphatic heterocycles. The van der Waals surface area contributed by atoms with E-state index >= 15 is 0 Å². The van der Waals surface area contributed by atoms with Gasteiger partial charge in [-0.25, -0.2) is 0 Å². The highest BCUT2D eigenvalue weighted by molar-refractivity contribution is 5.94. The van der Waals surface area contributed by atoms with Gasteiger partial charge in [0, 0.05) is 25.8 Å². The number of nitrogens with one attached hydrogen (secondary N) is 1. The van der Waals surface area contributed by atoms with Crippen LogP contribution in [-0.4, -0.2) is 57.3 Å². The van der Waals surface area contributed by atoms with Crippen molar-refractivity contribution in [2.24, 2.45) is 5.92 Å². The summed E-state index contributed by atoms with van der Waals surface area (Å²) in [6.45, 7) is 7.31. The van der Waals surface area contributed by atoms with Crippen molar-refractivity contribution in [2.75, 3.05) is 46.5 Å². The van der Waals surface area contributed by atoms with E-state index in [0.717, 1.165) is 51.4 Å². The minimum Gasteiger partial charge on any atom is -0.494 e. The molecule has 5 heteroatoms. The second-order valence-corrected chi connectivity index (χ2v) is 5.95. The third-order valence-corrected chi connectivity index (χ3v) is 4.30. The van der Waals surface area contributed by atoms with E-state index < -0.39 is 0 Å². The lowest BCUT2D eigenvalue weighted by atomic mass is 9.96. The van der Waals surface area contributed by atoms with Crippen LogP contribution in [0.25, 0.3) is 0 Å². The highest BCUT2D eigenvalue weighted by Crippen LogP contribution is 2.16. The van der Waals surface area contributed by atoms with Crippen LogP contribution in [0.1, 0.15) is 30.1 Å². The van der Waals surface area contributed by atoms with E-state index in [2.05, 4.69) is 10.2 Å².